The number of likely N-dealkylation sites (N-methyl/N-ethyl adjacent to an activating group) is 1. The minimum atomic E-state index is -0.151. The quantitative estimate of drug-likeness (QED) is 0.670. The average Bonchev–Trinajstić information content (AvgIpc) is 3.15. The third kappa shape index (κ3) is 6.85. The highest BCUT2D eigenvalue weighted by Gasteiger charge is 2.13. The van der Waals surface area contributed by atoms with Crippen molar-refractivity contribution in [2.75, 3.05) is 31.6 Å². The smallest absolute Gasteiger partial charge is 0.238 e. The van der Waals surface area contributed by atoms with Crippen molar-refractivity contribution in [1.29, 1.82) is 0 Å². The summed E-state index contributed by atoms with van der Waals surface area (Å²) in [6.07, 6.45) is 0. The van der Waals surface area contributed by atoms with Crippen molar-refractivity contribution in [2.24, 2.45) is 0 Å². The molecule has 0 bridgehead atoms. The fourth-order valence-electron chi connectivity index (χ4n) is 2.34. The largest absolute Gasteiger partial charge is 0.494 e. The Morgan fingerprint density at radius 1 is 1.08 bits per heavy atom. The number of carbonyl (C=O) groups is 2. The maximum atomic E-state index is 12.2. The molecule has 0 aliphatic carbocycles. The molecule has 1 heterocycles. The van der Waals surface area contributed by atoms with Gasteiger partial charge in [0.25, 0.3) is 0 Å². The first-order chi connectivity index (χ1) is 12.6. The third-order valence-corrected chi connectivity index (χ3v) is 4.55. The van der Waals surface area contributed by atoms with Gasteiger partial charge in [-0.3, -0.25) is 14.5 Å². The lowest BCUT2D eigenvalue weighted by Gasteiger charge is -2.19. The number of ether oxygens (including phenoxy) is 1. The first-order valence-electron chi connectivity index (χ1n) is 8.64. The van der Waals surface area contributed by atoms with Crippen LogP contribution < -0.4 is 15.4 Å². The summed E-state index contributed by atoms with van der Waals surface area (Å²) < 4.78 is 5.38. The van der Waals surface area contributed by atoms with E-state index in [9.17, 15) is 9.59 Å². The molecule has 0 aliphatic rings. The number of amides is 2. The molecule has 7 heteroatoms. The summed E-state index contributed by atoms with van der Waals surface area (Å²) in [7, 11) is 0. The molecule has 2 N–H and O–H groups in total. The molecule has 2 rings (SSSR count). The van der Waals surface area contributed by atoms with Gasteiger partial charge in [0.1, 0.15) is 5.75 Å². The Labute approximate surface area is 158 Å². The molecule has 1 aromatic heterocycles. The van der Waals surface area contributed by atoms with Gasteiger partial charge in [-0.05, 0) is 49.2 Å². The van der Waals surface area contributed by atoms with E-state index in [1.54, 1.807) is 28.4 Å². The lowest BCUT2D eigenvalue weighted by Crippen LogP contribution is -2.40. The molecule has 26 heavy (non-hydrogen) atoms. The van der Waals surface area contributed by atoms with Crippen molar-refractivity contribution in [3.8, 4) is 5.75 Å². The molecule has 2 aromatic rings. The zero-order chi connectivity index (χ0) is 18.8. The molecular weight excluding hydrogens is 350 g/mol. The lowest BCUT2D eigenvalue weighted by atomic mass is 10.3. The van der Waals surface area contributed by atoms with Crippen LogP contribution in [-0.4, -0.2) is 43.0 Å². The van der Waals surface area contributed by atoms with E-state index >= 15 is 0 Å². The Morgan fingerprint density at radius 2 is 1.81 bits per heavy atom. The Hall–Kier alpha value is -2.38. The molecule has 1 aromatic carbocycles. The topological polar surface area (TPSA) is 70.7 Å². The molecule has 0 saturated carbocycles. The number of hydrogen-bond donors (Lipinski definition) is 2. The maximum absolute atomic E-state index is 12.2. The summed E-state index contributed by atoms with van der Waals surface area (Å²) in [5.41, 5.74) is 0.705. The minimum absolute atomic E-state index is 0.0888. The molecule has 6 nitrogen and oxygen atoms in total. The molecule has 0 spiro atoms. The number of nitrogens with zero attached hydrogens (tertiary/aromatic N) is 1. The van der Waals surface area contributed by atoms with E-state index in [1.165, 1.54) is 0 Å². The van der Waals surface area contributed by atoms with Gasteiger partial charge in [-0.25, -0.2) is 0 Å². The van der Waals surface area contributed by atoms with Crippen LogP contribution in [0.3, 0.4) is 0 Å². The van der Waals surface area contributed by atoms with E-state index in [2.05, 4.69) is 10.6 Å². The first-order valence-corrected chi connectivity index (χ1v) is 9.52. The van der Waals surface area contributed by atoms with Crippen molar-refractivity contribution < 1.29 is 14.3 Å². The Morgan fingerprint density at radius 3 is 2.42 bits per heavy atom. The number of rotatable bonds is 10. The van der Waals surface area contributed by atoms with Crippen molar-refractivity contribution in [2.45, 2.75) is 20.4 Å². The molecule has 0 unspecified atom stereocenters. The molecular formula is C19H25N3O3S. The van der Waals surface area contributed by atoms with Gasteiger partial charge in [0.05, 0.1) is 26.2 Å². The van der Waals surface area contributed by atoms with Crippen LogP contribution in [0.1, 0.15) is 18.7 Å². The second-order valence-electron chi connectivity index (χ2n) is 5.66. The second kappa shape index (κ2) is 10.6. The van der Waals surface area contributed by atoms with E-state index < -0.39 is 0 Å². The molecule has 2 amide bonds. The summed E-state index contributed by atoms with van der Waals surface area (Å²) in [6, 6.07) is 11.2. The van der Waals surface area contributed by atoms with Crippen LogP contribution in [-0.2, 0) is 16.1 Å². The number of benzene rings is 1. The Balaban J connectivity index is 1.76. The molecule has 0 atom stereocenters. The third-order valence-electron chi connectivity index (χ3n) is 3.67. The summed E-state index contributed by atoms with van der Waals surface area (Å²) in [5.74, 6) is 0.527. The summed E-state index contributed by atoms with van der Waals surface area (Å²) in [6.45, 7) is 5.94. The van der Waals surface area contributed by atoms with Gasteiger partial charge in [-0.15, -0.1) is 11.3 Å². The molecule has 0 saturated heterocycles. The van der Waals surface area contributed by atoms with Gasteiger partial charge in [-0.2, -0.15) is 0 Å². The molecule has 140 valence electrons. The van der Waals surface area contributed by atoms with E-state index in [0.29, 0.717) is 25.4 Å². The van der Waals surface area contributed by atoms with Crippen LogP contribution >= 0.6 is 11.3 Å². The lowest BCUT2D eigenvalue weighted by molar-refractivity contribution is -0.123. The van der Waals surface area contributed by atoms with E-state index in [4.69, 9.17) is 4.74 Å². The van der Waals surface area contributed by atoms with Gasteiger partial charge in [0, 0.05) is 10.6 Å². The van der Waals surface area contributed by atoms with Gasteiger partial charge >= 0.3 is 0 Å². The van der Waals surface area contributed by atoms with E-state index in [-0.39, 0.29) is 24.9 Å². The molecule has 0 aliphatic heterocycles. The fraction of sp³-hybridized carbons (Fsp3) is 0.368. The summed E-state index contributed by atoms with van der Waals surface area (Å²) >= 11 is 1.60. The van der Waals surface area contributed by atoms with Gasteiger partial charge in [0.15, 0.2) is 0 Å². The first kappa shape index (κ1) is 19.9. The second-order valence-corrected chi connectivity index (χ2v) is 6.70. The highest BCUT2D eigenvalue weighted by atomic mass is 32.1. The van der Waals surface area contributed by atoms with Gasteiger partial charge in [0.2, 0.25) is 11.8 Å². The molecule has 0 radical (unpaired) electrons. The zero-order valence-corrected chi connectivity index (χ0v) is 16.0. The van der Waals surface area contributed by atoms with Crippen molar-refractivity contribution in [3.63, 3.8) is 0 Å². The monoisotopic (exact) mass is 375 g/mol. The standard InChI is InChI=1S/C19H25N3O3S/c1-3-22(13-18(23)20-12-17-6-5-11-26-17)14-19(24)21-15-7-9-16(10-8-15)25-4-2/h5-11H,3-4,12-14H2,1-2H3,(H,20,23)(H,21,24). The normalized spacial score (nSPS) is 10.6. The summed E-state index contributed by atoms with van der Waals surface area (Å²) in [5, 5.41) is 7.69. The van der Waals surface area contributed by atoms with Crippen molar-refractivity contribution >= 4 is 28.8 Å². The number of nitrogens with one attached hydrogen (secondary N) is 2. The SMILES string of the molecule is CCOc1ccc(NC(=O)CN(CC)CC(=O)NCc2cccs2)cc1. The van der Waals surface area contributed by atoms with Gasteiger partial charge in [-0.1, -0.05) is 13.0 Å². The highest BCUT2D eigenvalue weighted by Crippen LogP contribution is 2.15. The summed E-state index contributed by atoms with van der Waals surface area (Å²) in [4.78, 5) is 27.2. The van der Waals surface area contributed by atoms with Crippen LogP contribution in [0.25, 0.3) is 0 Å². The van der Waals surface area contributed by atoms with E-state index in [1.807, 2.05) is 43.5 Å². The predicted molar refractivity (Wildman–Crippen MR) is 105 cm³/mol. The Bertz CT molecular complexity index is 687. The van der Waals surface area contributed by atoms with Crippen molar-refractivity contribution in [3.05, 3.63) is 46.7 Å². The zero-order valence-electron chi connectivity index (χ0n) is 15.2. The van der Waals surface area contributed by atoms with Crippen LogP contribution in [0.5, 0.6) is 5.75 Å². The number of carbonyl (C=O) groups excluding carboxylic acids is 2. The number of thiophene rings is 1. The van der Waals surface area contributed by atoms with Crippen molar-refractivity contribution in [1.82, 2.24) is 10.2 Å². The number of hydrogen-bond acceptors (Lipinski definition) is 5. The van der Waals surface area contributed by atoms with Gasteiger partial charge < -0.3 is 15.4 Å². The van der Waals surface area contributed by atoms with Crippen LogP contribution in [0.15, 0.2) is 41.8 Å². The fourth-order valence-corrected chi connectivity index (χ4v) is 2.99. The minimum Gasteiger partial charge on any atom is -0.494 e. The van der Waals surface area contributed by atoms with Crippen LogP contribution in [0, 0.1) is 0 Å². The number of anilines is 1. The van der Waals surface area contributed by atoms with E-state index in [0.717, 1.165) is 10.6 Å². The predicted octanol–water partition coefficient (Wildman–Crippen LogP) is 2.72. The Kier molecular flexibility index (Phi) is 8.11. The van der Waals surface area contributed by atoms with Crippen LogP contribution in [0.2, 0.25) is 0 Å². The highest BCUT2D eigenvalue weighted by molar-refractivity contribution is 7.09. The average molecular weight is 375 g/mol. The maximum Gasteiger partial charge on any atom is 0.238 e. The van der Waals surface area contributed by atoms with Crippen LogP contribution in [0.4, 0.5) is 5.69 Å². The molecule has 0 fully saturated rings.